The number of hydrogen-bond donors (Lipinski definition) is 3. The molecule has 0 spiro atoms. The molecule has 0 radical (unpaired) electrons. The van der Waals surface area contributed by atoms with E-state index in [4.69, 9.17) is 10.5 Å². The number of piperidine rings is 3. The molecule has 3 heterocycles. The van der Waals surface area contributed by atoms with Crippen molar-refractivity contribution < 1.29 is 22.7 Å². The van der Waals surface area contributed by atoms with Gasteiger partial charge in [0.25, 0.3) is 0 Å². The van der Waals surface area contributed by atoms with Gasteiger partial charge in [0.1, 0.15) is 11.8 Å². The van der Waals surface area contributed by atoms with Crippen LogP contribution in [0.1, 0.15) is 56.4 Å². The van der Waals surface area contributed by atoms with Gasteiger partial charge in [0.05, 0.1) is 18.6 Å². The summed E-state index contributed by atoms with van der Waals surface area (Å²) in [6.07, 6.45) is 4.91. The van der Waals surface area contributed by atoms with Gasteiger partial charge in [0.2, 0.25) is 21.8 Å². The second kappa shape index (κ2) is 11.9. The molecule has 0 saturated carbocycles. The molecule has 1 atom stereocenters. The van der Waals surface area contributed by atoms with Gasteiger partial charge in [-0.05, 0) is 81.8 Å². The van der Waals surface area contributed by atoms with Crippen molar-refractivity contribution in [2.45, 2.75) is 62.9 Å². The van der Waals surface area contributed by atoms with Crippen LogP contribution < -0.4 is 21.1 Å². The van der Waals surface area contributed by atoms with Crippen LogP contribution in [-0.2, 0) is 19.6 Å². The van der Waals surface area contributed by atoms with Crippen molar-refractivity contribution in [1.29, 1.82) is 0 Å². The van der Waals surface area contributed by atoms with Gasteiger partial charge in [-0.3, -0.25) is 14.9 Å². The van der Waals surface area contributed by atoms with Gasteiger partial charge >= 0.3 is 0 Å². The fraction of sp³-hybridized carbons (Fsp3) is 0.680. The van der Waals surface area contributed by atoms with E-state index in [1.54, 1.807) is 11.4 Å². The van der Waals surface area contributed by atoms with Crippen LogP contribution in [0.3, 0.4) is 0 Å². The zero-order valence-corrected chi connectivity index (χ0v) is 21.9. The molecule has 36 heavy (non-hydrogen) atoms. The smallest absolute Gasteiger partial charge is 0.249 e. The van der Waals surface area contributed by atoms with E-state index >= 15 is 0 Å². The molecule has 3 fully saturated rings. The monoisotopic (exact) mass is 521 g/mol. The molecule has 0 unspecified atom stereocenters. The number of nitrogens with zero attached hydrogens (tertiary/aromatic N) is 2. The van der Waals surface area contributed by atoms with Crippen LogP contribution in [0, 0.1) is 0 Å². The van der Waals surface area contributed by atoms with E-state index in [1.807, 2.05) is 12.1 Å². The van der Waals surface area contributed by atoms with Crippen LogP contribution in [0.25, 0.3) is 0 Å². The predicted molar refractivity (Wildman–Crippen MR) is 138 cm³/mol. The van der Waals surface area contributed by atoms with E-state index in [-0.39, 0.29) is 23.6 Å². The molecule has 1 aromatic carbocycles. The van der Waals surface area contributed by atoms with E-state index in [2.05, 4.69) is 21.6 Å². The average Bonchev–Trinajstić information content (AvgIpc) is 2.86. The van der Waals surface area contributed by atoms with Crippen LogP contribution in [0.4, 0.5) is 5.69 Å². The molecule has 10 nitrogen and oxygen atoms in total. The lowest BCUT2D eigenvalue weighted by atomic mass is 9.89. The SMILES string of the molecule is COc1cc(C2CCN(CCCS(=O)(=O)N3CCC(N)CC3)CC2)ccc1N[C@H]1CCC(=O)NC1=O. The Morgan fingerprint density at radius 3 is 2.47 bits per heavy atom. The third-order valence-corrected chi connectivity index (χ3v) is 9.58. The Balaban J connectivity index is 1.24. The number of nitrogens with one attached hydrogen (secondary N) is 2. The number of likely N-dealkylation sites (tertiary alicyclic amines) is 1. The van der Waals surface area contributed by atoms with Crippen LogP contribution in [0.5, 0.6) is 5.75 Å². The minimum Gasteiger partial charge on any atom is -0.495 e. The quantitative estimate of drug-likeness (QED) is 0.413. The van der Waals surface area contributed by atoms with E-state index in [0.29, 0.717) is 44.0 Å². The van der Waals surface area contributed by atoms with E-state index in [9.17, 15) is 18.0 Å². The highest BCUT2D eigenvalue weighted by Crippen LogP contribution is 2.34. The van der Waals surface area contributed by atoms with Crippen LogP contribution in [-0.4, -0.2) is 87.1 Å². The van der Waals surface area contributed by atoms with Crippen molar-refractivity contribution in [3.8, 4) is 5.75 Å². The van der Waals surface area contributed by atoms with Gasteiger partial charge in [0.15, 0.2) is 0 Å². The molecule has 1 aromatic rings. The molecular weight excluding hydrogens is 482 g/mol. The Kier molecular flexibility index (Phi) is 8.87. The Morgan fingerprint density at radius 1 is 1.08 bits per heavy atom. The van der Waals surface area contributed by atoms with E-state index in [0.717, 1.165) is 51.0 Å². The first-order valence-corrected chi connectivity index (χ1v) is 14.6. The summed E-state index contributed by atoms with van der Waals surface area (Å²) in [4.78, 5) is 25.8. The van der Waals surface area contributed by atoms with Crippen molar-refractivity contribution in [3.05, 3.63) is 23.8 Å². The zero-order valence-electron chi connectivity index (χ0n) is 21.1. The van der Waals surface area contributed by atoms with Gasteiger partial charge in [-0.1, -0.05) is 6.07 Å². The Morgan fingerprint density at radius 2 is 1.81 bits per heavy atom. The molecule has 2 amide bonds. The maximum Gasteiger partial charge on any atom is 0.249 e. The maximum atomic E-state index is 12.6. The first kappa shape index (κ1) is 26.8. The van der Waals surface area contributed by atoms with Crippen LogP contribution in [0.15, 0.2) is 18.2 Å². The lowest BCUT2D eigenvalue weighted by Crippen LogP contribution is -2.47. The Bertz CT molecular complexity index is 1030. The number of nitrogens with two attached hydrogens (primary N) is 1. The van der Waals surface area contributed by atoms with Gasteiger partial charge in [0, 0.05) is 25.6 Å². The van der Waals surface area contributed by atoms with Crippen LogP contribution in [0.2, 0.25) is 0 Å². The van der Waals surface area contributed by atoms with Crippen molar-refractivity contribution in [2.75, 3.05) is 50.9 Å². The summed E-state index contributed by atoms with van der Waals surface area (Å²) in [5, 5.41) is 5.58. The standard InChI is InChI=1S/C25H39N5O5S/c1-35-23-17-19(3-4-21(23)27-22-5-6-24(31)28-25(22)32)18-7-12-29(13-8-18)11-2-16-36(33,34)30-14-9-20(26)10-15-30/h3-4,17-18,20,22,27H,2,5-16,26H2,1H3,(H,28,31,32)/t22-/m0/s1. The minimum atomic E-state index is -3.20. The molecule has 3 aliphatic rings. The van der Waals surface area contributed by atoms with E-state index < -0.39 is 16.1 Å². The molecule has 4 rings (SSSR count). The summed E-state index contributed by atoms with van der Waals surface area (Å²) in [5.74, 6) is 0.740. The largest absolute Gasteiger partial charge is 0.495 e. The first-order valence-electron chi connectivity index (χ1n) is 13.0. The molecule has 200 valence electrons. The number of hydrogen-bond acceptors (Lipinski definition) is 8. The first-order chi connectivity index (χ1) is 17.2. The second-order valence-corrected chi connectivity index (χ2v) is 12.2. The van der Waals surface area contributed by atoms with Crippen molar-refractivity contribution >= 4 is 27.5 Å². The highest BCUT2D eigenvalue weighted by atomic mass is 32.2. The number of ether oxygens (including phenoxy) is 1. The Labute approximate surface area is 214 Å². The van der Waals surface area contributed by atoms with Crippen molar-refractivity contribution in [3.63, 3.8) is 0 Å². The Hall–Kier alpha value is -2.21. The number of imide groups is 1. The van der Waals surface area contributed by atoms with E-state index in [1.165, 1.54) is 5.56 Å². The summed E-state index contributed by atoms with van der Waals surface area (Å²) < 4.78 is 32.5. The summed E-state index contributed by atoms with van der Waals surface area (Å²) >= 11 is 0. The second-order valence-electron chi connectivity index (χ2n) is 10.1. The lowest BCUT2D eigenvalue weighted by molar-refractivity contribution is -0.133. The number of benzene rings is 1. The summed E-state index contributed by atoms with van der Waals surface area (Å²) in [7, 11) is -1.59. The summed E-state index contributed by atoms with van der Waals surface area (Å²) in [5.41, 5.74) is 7.84. The van der Waals surface area contributed by atoms with Crippen LogP contribution >= 0.6 is 0 Å². The number of rotatable bonds is 9. The zero-order chi connectivity index (χ0) is 25.7. The van der Waals surface area contributed by atoms with Gasteiger partial charge in [-0.15, -0.1) is 0 Å². The molecule has 4 N–H and O–H groups in total. The molecular formula is C25H39N5O5S. The molecule has 0 aliphatic carbocycles. The molecule has 3 aliphatic heterocycles. The van der Waals surface area contributed by atoms with Gasteiger partial charge in [-0.2, -0.15) is 0 Å². The molecule has 3 saturated heterocycles. The normalized spacial score (nSPS) is 23.4. The number of sulfonamides is 1. The number of methoxy groups -OCH3 is 1. The molecule has 0 bridgehead atoms. The number of carbonyl (C=O) groups excluding carboxylic acids is 2. The highest BCUT2D eigenvalue weighted by Gasteiger charge is 2.29. The minimum absolute atomic E-state index is 0.121. The topological polar surface area (TPSA) is 134 Å². The lowest BCUT2D eigenvalue weighted by Gasteiger charge is -2.33. The third-order valence-electron chi connectivity index (χ3n) is 7.62. The number of carbonyl (C=O) groups is 2. The maximum absolute atomic E-state index is 12.6. The molecule has 11 heteroatoms. The fourth-order valence-electron chi connectivity index (χ4n) is 5.34. The number of amides is 2. The third kappa shape index (κ3) is 6.76. The number of anilines is 1. The summed E-state index contributed by atoms with van der Waals surface area (Å²) in [6, 6.07) is 5.72. The predicted octanol–water partition coefficient (Wildman–Crippen LogP) is 1.23. The van der Waals surface area contributed by atoms with Gasteiger partial charge < -0.3 is 20.7 Å². The van der Waals surface area contributed by atoms with Crippen molar-refractivity contribution in [2.24, 2.45) is 5.73 Å². The highest BCUT2D eigenvalue weighted by molar-refractivity contribution is 7.89. The fourth-order valence-corrected chi connectivity index (χ4v) is 6.86. The average molecular weight is 522 g/mol. The van der Waals surface area contributed by atoms with Crippen molar-refractivity contribution in [1.82, 2.24) is 14.5 Å². The summed E-state index contributed by atoms with van der Waals surface area (Å²) in [6.45, 7) is 3.74. The molecule has 0 aromatic heterocycles. The van der Waals surface area contributed by atoms with Gasteiger partial charge in [-0.25, -0.2) is 12.7 Å².